The van der Waals surface area contributed by atoms with Gasteiger partial charge in [0.15, 0.2) is 0 Å². The number of methoxy groups -OCH3 is 2. The third-order valence-corrected chi connectivity index (χ3v) is 5.55. The summed E-state index contributed by atoms with van der Waals surface area (Å²) < 4.78 is 35.7. The lowest BCUT2D eigenvalue weighted by Crippen LogP contribution is -2.45. The molecule has 0 aliphatic rings. The molecule has 0 unspecified atom stereocenters. The summed E-state index contributed by atoms with van der Waals surface area (Å²) in [5, 5.41) is 2.70. The summed E-state index contributed by atoms with van der Waals surface area (Å²) >= 11 is 0. The van der Waals surface area contributed by atoms with Crippen LogP contribution in [-0.2, 0) is 19.6 Å². The summed E-state index contributed by atoms with van der Waals surface area (Å²) in [5.41, 5.74) is 1.68. The molecule has 0 aliphatic carbocycles. The van der Waals surface area contributed by atoms with E-state index in [1.807, 2.05) is 0 Å². The van der Waals surface area contributed by atoms with Gasteiger partial charge in [-0.15, -0.1) is 0 Å². The van der Waals surface area contributed by atoms with E-state index in [1.54, 1.807) is 37.3 Å². The Morgan fingerprint density at radius 1 is 1.10 bits per heavy atom. The number of benzene rings is 2. The van der Waals surface area contributed by atoms with Crippen molar-refractivity contribution in [2.24, 2.45) is 0 Å². The molecule has 0 saturated carbocycles. The van der Waals surface area contributed by atoms with Crippen LogP contribution in [0, 0.1) is 6.92 Å². The van der Waals surface area contributed by atoms with Crippen molar-refractivity contribution >= 4 is 33.3 Å². The van der Waals surface area contributed by atoms with E-state index in [-0.39, 0.29) is 5.56 Å². The quantitative estimate of drug-likeness (QED) is 0.691. The van der Waals surface area contributed by atoms with Gasteiger partial charge in [0.05, 0.1) is 31.7 Å². The number of carbonyl (C=O) groups excluding carboxylic acids is 2. The molecule has 2 rings (SSSR count). The minimum atomic E-state index is -3.77. The number of sulfonamides is 1. The zero-order valence-corrected chi connectivity index (χ0v) is 17.7. The monoisotopic (exact) mass is 420 g/mol. The number of nitrogens with zero attached hydrogens (tertiary/aromatic N) is 1. The SMILES string of the molecule is COC(=O)c1ccc(C)c(NC(=O)[C@@H](C)N(c2cccc(OC)c2)S(C)(=O)=O)c1. The summed E-state index contributed by atoms with van der Waals surface area (Å²) in [6.45, 7) is 3.24. The van der Waals surface area contributed by atoms with E-state index in [4.69, 9.17) is 9.47 Å². The van der Waals surface area contributed by atoms with Gasteiger partial charge in [0.2, 0.25) is 15.9 Å². The minimum Gasteiger partial charge on any atom is -0.497 e. The summed E-state index contributed by atoms with van der Waals surface area (Å²) in [5.74, 6) is -0.628. The Morgan fingerprint density at radius 3 is 2.38 bits per heavy atom. The number of amides is 1. The van der Waals surface area contributed by atoms with Crippen LogP contribution in [0.2, 0.25) is 0 Å². The molecule has 1 amide bonds. The molecule has 2 aromatic carbocycles. The van der Waals surface area contributed by atoms with Crippen molar-refractivity contribution in [2.45, 2.75) is 19.9 Å². The van der Waals surface area contributed by atoms with Crippen LogP contribution in [0.25, 0.3) is 0 Å². The molecule has 0 fully saturated rings. The van der Waals surface area contributed by atoms with Gasteiger partial charge in [-0.3, -0.25) is 9.10 Å². The number of hydrogen-bond donors (Lipinski definition) is 1. The normalized spacial score (nSPS) is 12.0. The zero-order chi connectivity index (χ0) is 21.8. The van der Waals surface area contributed by atoms with Crippen LogP contribution in [0.3, 0.4) is 0 Å². The Hall–Kier alpha value is -3.07. The van der Waals surface area contributed by atoms with Crippen LogP contribution in [0.1, 0.15) is 22.8 Å². The van der Waals surface area contributed by atoms with E-state index in [1.165, 1.54) is 33.3 Å². The first-order valence-electron chi connectivity index (χ1n) is 8.71. The molecule has 0 radical (unpaired) electrons. The molecule has 0 aromatic heterocycles. The number of esters is 1. The summed E-state index contributed by atoms with van der Waals surface area (Å²) in [4.78, 5) is 24.6. The fraction of sp³-hybridized carbons (Fsp3) is 0.300. The van der Waals surface area contributed by atoms with Crippen molar-refractivity contribution in [1.29, 1.82) is 0 Å². The van der Waals surface area contributed by atoms with Gasteiger partial charge >= 0.3 is 5.97 Å². The maximum absolute atomic E-state index is 12.9. The van der Waals surface area contributed by atoms with Crippen molar-refractivity contribution < 1.29 is 27.5 Å². The van der Waals surface area contributed by atoms with Crippen molar-refractivity contribution in [3.05, 3.63) is 53.6 Å². The second-order valence-corrected chi connectivity index (χ2v) is 8.31. The van der Waals surface area contributed by atoms with Crippen molar-refractivity contribution in [3.63, 3.8) is 0 Å². The van der Waals surface area contributed by atoms with E-state index in [0.29, 0.717) is 22.7 Å². The fourth-order valence-corrected chi connectivity index (χ4v) is 3.96. The molecule has 8 nitrogen and oxygen atoms in total. The standard InChI is InChI=1S/C20H24N2O6S/c1-13-9-10-15(20(24)28-4)11-18(13)21-19(23)14(2)22(29(5,25)26)16-7-6-8-17(12-16)27-3/h6-12,14H,1-5H3,(H,21,23)/t14-/m1/s1. The fourth-order valence-electron chi connectivity index (χ4n) is 2.80. The minimum absolute atomic E-state index is 0.272. The molecule has 0 spiro atoms. The topological polar surface area (TPSA) is 102 Å². The maximum atomic E-state index is 12.9. The molecular formula is C20H24N2O6S. The highest BCUT2D eigenvalue weighted by atomic mass is 32.2. The van der Waals surface area contributed by atoms with Gasteiger partial charge in [-0.1, -0.05) is 12.1 Å². The second kappa shape index (κ2) is 8.95. The molecule has 156 valence electrons. The highest BCUT2D eigenvalue weighted by Crippen LogP contribution is 2.26. The zero-order valence-electron chi connectivity index (χ0n) is 16.9. The van der Waals surface area contributed by atoms with Crippen LogP contribution in [0.4, 0.5) is 11.4 Å². The van der Waals surface area contributed by atoms with Gasteiger partial charge in [0.25, 0.3) is 0 Å². The van der Waals surface area contributed by atoms with Gasteiger partial charge in [0.1, 0.15) is 11.8 Å². The number of carbonyl (C=O) groups is 2. The number of aryl methyl sites for hydroxylation is 1. The van der Waals surface area contributed by atoms with E-state index in [9.17, 15) is 18.0 Å². The molecule has 29 heavy (non-hydrogen) atoms. The predicted molar refractivity (Wildman–Crippen MR) is 111 cm³/mol. The number of anilines is 2. The maximum Gasteiger partial charge on any atom is 0.337 e. The van der Waals surface area contributed by atoms with Crippen LogP contribution < -0.4 is 14.4 Å². The van der Waals surface area contributed by atoms with Crippen LogP contribution >= 0.6 is 0 Å². The Bertz CT molecular complexity index is 1020. The van der Waals surface area contributed by atoms with E-state index in [2.05, 4.69) is 5.32 Å². The first kappa shape index (κ1) is 22.2. The third-order valence-electron chi connectivity index (χ3n) is 4.31. The third kappa shape index (κ3) is 5.26. The Labute approximate surface area is 170 Å². The number of hydrogen-bond acceptors (Lipinski definition) is 6. The van der Waals surface area contributed by atoms with Gasteiger partial charge in [-0.25, -0.2) is 13.2 Å². The van der Waals surface area contributed by atoms with E-state index >= 15 is 0 Å². The first-order chi connectivity index (χ1) is 13.6. The second-order valence-electron chi connectivity index (χ2n) is 6.45. The molecule has 9 heteroatoms. The van der Waals surface area contributed by atoms with Crippen LogP contribution in [0.15, 0.2) is 42.5 Å². The summed E-state index contributed by atoms with van der Waals surface area (Å²) in [7, 11) is -1.04. The average Bonchev–Trinajstić information content (AvgIpc) is 2.68. The van der Waals surface area contributed by atoms with Crippen molar-refractivity contribution in [2.75, 3.05) is 30.1 Å². The lowest BCUT2D eigenvalue weighted by molar-refractivity contribution is -0.116. The Kier molecular flexibility index (Phi) is 6.86. The molecule has 0 heterocycles. The summed E-state index contributed by atoms with van der Waals surface area (Å²) in [6.07, 6.45) is 1.03. The Morgan fingerprint density at radius 2 is 1.79 bits per heavy atom. The molecule has 1 N–H and O–H groups in total. The molecule has 0 saturated heterocycles. The first-order valence-corrected chi connectivity index (χ1v) is 10.6. The molecular weight excluding hydrogens is 396 g/mol. The highest BCUT2D eigenvalue weighted by molar-refractivity contribution is 7.92. The Balaban J connectivity index is 2.36. The smallest absolute Gasteiger partial charge is 0.337 e. The average molecular weight is 420 g/mol. The molecule has 0 bridgehead atoms. The van der Waals surface area contributed by atoms with E-state index in [0.717, 1.165) is 10.6 Å². The van der Waals surface area contributed by atoms with Gasteiger partial charge < -0.3 is 14.8 Å². The van der Waals surface area contributed by atoms with Crippen LogP contribution in [0.5, 0.6) is 5.75 Å². The largest absolute Gasteiger partial charge is 0.497 e. The van der Waals surface area contributed by atoms with Gasteiger partial charge in [-0.05, 0) is 43.7 Å². The number of nitrogens with one attached hydrogen (secondary N) is 1. The molecule has 1 atom stereocenters. The lowest BCUT2D eigenvalue weighted by atomic mass is 10.1. The number of rotatable bonds is 7. The predicted octanol–water partition coefficient (Wildman–Crippen LogP) is 2.58. The van der Waals surface area contributed by atoms with Crippen molar-refractivity contribution in [3.8, 4) is 5.75 Å². The van der Waals surface area contributed by atoms with E-state index < -0.39 is 27.9 Å². The van der Waals surface area contributed by atoms with Gasteiger partial charge in [-0.2, -0.15) is 0 Å². The lowest BCUT2D eigenvalue weighted by Gasteiger charge is -2.28. The highest BCUT2D eigenvalue weighted by Gasteiger charge is 2.29. The molecule has 2 aromatic rings. The number of ether oxygens (including phenoxy) is 2. The molecule has 0 aliphatic heterocycles. The van der Waals surface area contributed by atoms with Crippen LogP contribution in [-0.4, -0.2) is 46.8 Å². The van der Waals surface area contributed by atoms with Gasteiger partial charge in [0, 0.05) is 11.8 Å². The summed E-state index contributed by atoms with van der Waals surface area (Å²) in [6, 6.07) is 10.1. The van der Waals surface area contributed by atoms with Crippen molar-refractivity contribution in [1.82, 2.24) is 0 Å².